The lowest BCUT2D eigenvalue weighted by Gasteiger charge is -2.34. The van der Waals surface area contributed by atoms with Gasteiger partial charge < -0.3 is 14.8 Å². The topological polar surface area (TPSA) is 64.6 Å². The third-order valence-electron chi connectivity index (χ3n) is 2.86. The first-order valence-electron chi connectivity index (χ1n) is 5.67. The summed E-state index contributed by atoms with van der Waals surface area (Å²) in [4.78, 5) is 0.303. The molecular weight excluding hydrogens is 254 g/mol. The fraction of sp³-hybridized carbons (Fsp3) is 0.333. The van der Waals surface area contributed by atoms with Crippen LogP contribution in [0.4, 0.5) is 5.69 Å². The minimum atomic E-state index is -3.37. The van der Waals surface area contributed by atoms with Crippen molar-refractivity contribution in [2.45, 2.75) is 30.8 Å². The zero-order valence-electron chi connectivity index (χ0n) is 9.79. The van der Waals surface area contributed by atoms with Gasteiger partial charge in [0, 0.05) is 12.1 Å². The number of hydrogen-bond donors (Lipinski definition) is 1. The van der Waals surface area contributed by atoms with Crippen molar-refractivity contribution in [2.75, 3.05) is 5.32 Å². The highest BCUT2D eigenvalue weighted by atomic mass is 32.2. The number of anilines is 1. The number of nitrogens with one attached hydrogen (secondary N) is 1. The quantitative estimate of drug-likeness (QED) is 0.885. The fourth-order valence-electron chi connectivity index (χ4n) is 2.08. The Morgan fingerprint density at radius 1 is 1.28 bits per heavy atom. The van der Waals surface area contributed by atoms with Crippen molar-refractivity contribution in [2.24, 2.45) is 0 Å². The van der Waals surface area contributed by atoms with Gasteiger partial charge in [-0.2, -0.15) is 0 Å². The van der Waals surface area contributed by atoms with Gasteiger partial charge in [0.1, 0.15) is 0 Å². The van der Waals surface area contributed by atoms with Crippen LogP contribution in [-0.4, -0.2) is 21.0 Å². The zero-order valence-corrected chi connectivity index (χ0v) is 10.6. The summed E-state index contributed by atoms with van der Waals surface area (Å²) in [6, 6.07) is 6.83. The molecule has 1 aromatic rings. The third-order valence-corrected chi connectivity index (χ3v) is 4.42. The molecule has 0 radical (unpaired) electrons. The zero-order chi connectivity index (χ0) is 12.8. The lowest BCUT2D eigenvalue weighted by Crippen LogP contribution is -2.39. The molecule has 18 heavy (non-hydrogen) atoms. The molecule has 1 N–H and O–H groups in total. The minimum absolute atomic E-state index is 0.205. The summed E-state index contributed by atoms with van der Waals surface area (Å²) >= 11 is 0. The Morgan fingerprint density at radius 2 is 2.00 bits per heavy atom. The first-order valence-corrected chi connectivity index (χ1v) is 7.22. The molecule has 6 heteroatoms. The fourth-order valence-corrected chi connectivity index (χ4v) is 3.43. The number of hydrogen-bond acceptors (Lipinski definition) is 5. The van der Waals surface area contributed by atoms with Crippen LogP contribution in [0.1, 0.15) is 13.3 Å². The molecule has 3 rings (SSSR count). The number of benzene rings is 1. The highest BCUT2D eigenvalue weighted by Gasteiger charge is 2.30. The van der Waals surface area contributed by atoms with Gasteiger partial charge in [-0.15, -0.1) is 0 Å². The smallest absolute Gasteiger partial charge is 0.203 e. The molecule has 0 atom stereocenters. The SMILES string of the molecule is CC1OC(CC2=CS(=O)(=O)c3ccccc3N2)O1. The second-order valence-corrected chi connectivity index (χ2v) is 6.05. The van der Waals surface area contributed by atoms with Crippen LogP contribution >= 0.6 is 0 Å². The predicted octanol–water partition coefficient (Wildman–Crippen LogP) is 1.84. The van der Waals surface area contributed by atoms with Crippen LogP contribution in [0.5, 0.6) is 0 Å². The molecule has 2 heterocycles. The van der Waals surface area contributed by atoms with Crippen LogP contribution in [0.2, 0.25) is 0 Å². The highest BCUT2D eigenvalue weighted by molar-refractivity contribution is 7.94. The van der Waals surface area contributed by atoms with Crippen molar-refractivity contribution in [3.8, 4) is 0 Å². The number of rotatable bonds is 2. The van der Waals surface area contributed by atoms with E-state index in [1.54, 1.807) is 31.2 Å². The predicted molar refractivity (Wildman–Crippen MR) is 65.4 cm³/mol. The number of fused-ring (bicyclic) bond motifs is 1. The van der Waals surface area contributed by atoms with Crippen molar-refractivity contribution in [1.82, 2.24) is 0 Å². The monoisotopic (exact) mass is 267 g/mol. The Hall–Kier alpha value is -1.37. The highest BCUT2D eigenvalue weighted by Crippen LogP contribution is 2.32. The Labute approximate surface area is 105 Å². The van der Waals surface area contributed by atoms with Crippen molar-refractivity contribution < 1.29 is 17.9 Å². The van der Waals surface area contributed by atoms with Gasteiger partial charge in [-0.25, -0.2) is 8.42 Å². The molecule has 1 aromatic carbocycles. The van der Waals surface area contributed by atoms with Crippen molar-refractivity contribution in [3.05, 3.63) is 35.4 Å². The summed E-state index contributed by atoms with van der Waals surface area (Å²) < 4.78 is 34.7. The Morgan fingerprint density at radius 3 is 2.72 bits per heavy atom. The molecule has 0 amide bonds. The average Bonchev–Trinajstić information content (AvgIpc) is 2.26. The first kappa shape index (κ1) is 11.7. The molecular formula is C12H13NO4S. The Kier molecular flexibility index (Phi) is 2.65. The van der Waals surface area contributed by atoms with Crippen LogP contribution in [0.15, 0.2) is 40.3 Å². The molecule has 0 aliphatic carbocycles. The van der Waals surface area contributed by atoms with E-state index in [0.717, 1.165) is 0 Å². The summed E-state index contributed by atoms with van der Waals surface area (Å²) in [6.45, 7) is 1.80. The van der Waals surface area contributed by atoms with Gasteiger partial charge in [0.25, 0.3) is 0 Å². The van der Waals surface area contributed by atoms with Gasteiger partial charge in [-0.1, -0.05) is 12.1 Å². The minimum Gasteiger partial charge on any atom is -0.357 e. The largest absolute Gasteiger partial charge is 0.357 e. The molecule has 2 aliphatic heterocycles. The van der Waals surface area contributed by atoms with E-state index in [2.05, 4.69) is 5.32 Å². The van der Waals surface area contributed by atoms with Gasteiger partial charge >= 0.3 is 0 Å². The second kappa shape index (κ2) is 4.08. The van der Waals surface area contributed by atoms with E-state index in [1.165, 1.54) is 5.41 Å². The molecule has 2 aliphatic rings. The number of para-hydroxylation sites is 1. The summed E-state index contributed by atoms with van der Waals surface area (Å²) in [6.07, 6.45) is -0.167. The van der Waals surface area contributed by atoms with Gasteiger partial charge in [0.15, 0.2) is 12.6 Å². The van der Waals surface area contributed by atoms with E-state index >= 15 is 0 Å². The van der Waals surface area contributed by atoms with Crippen molar-refractivity contribution >= 4 is 15.5 Å². The van der Waals surface area contributed by atoms with Crippen LogP contribution in [0.25, 0.3) is 0 Å². The molecule has 0 spiro atoms. The summed E-state index contributed by atoms with van der Waals surface area (Å²) in [5.41, 5.74) is 1.19. The second-order valence-electron chi connectivity index (χ2n) is 4.28. The first-order chi connectivity index (χ1) is 8.54. The van der Waals surface area contributed by atoms with Crippen LogP contribution < -0.4 is 5.32 Å². The van der Waals surface area contributed by atoms with E-state index in [-0.39, 0.29) is 12.6 Å². The summed E-state index contributed by atoms with van der Waals surface area (Å²) in [7, 11) is -3.37. The summed E-state index contributed by atoms with van der Waals surface area (Å²) in [5, 5.41) is 4.33. The molecule has 0 aromatic heterocycles. The van der Waals surface area contributed by atoms with E-state index in [9.17, 15) is 8.42 Å². The molecule has 5 nitrogen and oxygen atoms in total. The van der Waals surface area contributed by atoms with E-state index in [4.69, 9.17) is 9.47 Å². The number of sulfone groups is 1. The van der Waals surface area contributed by atoms with E-state index in [0.29, 0.717) is 22.7 Å². The Balaban J connectivity index is 1.85. The van der Waals surface area contributed by atoms with Gasteiger partial charge in [0.2, 0.25) is 9.84 Å². The maximum atomic E-state index is 12.0. The molecule has 1 fully saturated rings. The van der Waals surface area contributed by atoms with Crippen LogP contribution in [-0.2, 0) is 19.3 Å². The van der Waals surface area contributed by atoms with Crippen molar-refractivity contribution in [3.63, 3.8) is 0 Å². The van der Waals surface area contributed by atoms with Gasteiger partial charge in [-0.05, 0) is 19.1 Å². The maximum Gasteiger partial charge on any atom is 0.203 e. The maximum absolute atomic E-state index is 12.0. The van der Waals surface area contributed by atoms with Crippen LogP contribution in [0.3, 0.4) is 0 Å². The normalized spacial score (nSPS) is 28.6. The molecule has 0 unspecified atom stereocenters. The third kappa shape index (κ3) is 2.03. The summed E-state index contributed by atoms with van der Waals surface area (Å²) in [5.74, 6) is 0. The number of ether oxygens (including phenoxy) is 2. The van der Waals surface area contributed by atoms with Crippen molar-refractivity contribution in [1.29, 1.82) is 0 Å². The Bertz CT molecular complexity index is 602. The van der Waals surface area contributed by atoms with Gasteiger partial charge in [0.05, 0.1) is 16.0 Å². The average molecular weight is 267 g/mol. The molecule has 96 valence electrons. The lowest BCUT2D eigenvalue weighted by atomic mass is 10.2. The van der Waals surface area contributed by atoms with E-state index in [1.807, 2.05) is 0 Å². The van der Waals surface area contributed by atoms with Crippen LogP contribution in [0, 0.1) is 0 Å². The molecule has 0 saturated carbocycles. The lowest BCUT2D eigenvalue weighted by molar-refractivity contribution is -0.374. The van der Waals surface area contributed by atoms with E-state index < -0.39 is 9.84 Å². The molecule has 1 saturated heterocycles. The molecule has 0 bridgehead atoms. The standard InChI is InChI=1S/C12H13NO4S/c1-8-16-12(17-8)6-9-7-18(14,15)11-5-3-2-4-10(11)13-9/h2-5,7-8,12-13H,6H2,1H3. The van der Waals surface area contributed by atoms with Gasteiger partial charge in [-0.3, -0.25) is 0 Å².